The van der Waals surface area contributed by atoms with Crippen molar-refractivity contribution >= 4 is 0 Å². The third kappa shape index (κ3) is 3.92. The van der Waals surface area contributed by atoms with Crippen molar-refractivity contribution in [1.82, 2.24) is 4.90 Å². The van der Waals surface area contributed by atoms with Crippen LogP contribution in [0.4, 0.5) is 0 Å². The first-order chi connectivity index (χ1) is 8.49. The third-order valence-corrected chi connectivity index (χ3v) is 4.26. The van der Waals surface area contributed by atoms with Crippen LogP contribution < -0.4 is 5.73 Å². The molecule has 0 aromatic carbocycles. The first-order valence-corrected chi connectivity index (χ1v) is 6.93. The lowest BCUT2D eigenvalue weighted by atomic mass is 9.86. The fraction of sp³-hybridized carbons (Fsp3) is 1.00. The van der Waals surface area contributed by atoms with Crippen molar-refractivity contribution in [2.24, 2.45) is 11.1 Å². The van der Waals surface area contributed by atoms with Crippen LogP contribution in [0.25, 0.3) is 0 Å². The molecule has 18 heavy (non-hydrogen) atoms. The van der Waals surface area contributed by atoms with E-state index in [1.54, 1.807) is 14.2 Å². The fourth-order valence-electron chi connectivity index (χ4n) is 3.20. The Labute approximate surface area is 112 Å². The van der Waals surface area contributed by atoms with Crippen molar-refractivity contribution in [2.45, 2.75) is 38.6 Å². The maximum Gasteiger partial charge on any atom is 0.0589 e. The van der Waals surface area contributed by atoms with Gasteiger partial charge in [0, 0.05) is 39.4 Å². The Kier molecular flexibility index (Phi) is 6.05. The van der Waals surface area contributed by atoms with Gasteiger partial charge in [-0.05, 0) is 24.7 Å². The van der Waals surface area contributed by atoms with E-state index in [0.717, 1.165) is 32.8 Å². The number of nitrogens with two attached hydrogens (primary N) is 1. The van der Waals surface area contributed by atoms with E-state index in [0.29, 0.717) is 5.41 Å². The van der Waals surface area contributed by atoms with Gasteiger partial charge in [-0.3, -0.25) is 4.90 Å². The highest BCUT2D eigenvalue weighted by Gasteiger charge is 2.45. The highest BCUT2D eigenvalue weighted by molar-refractivity contribution is 5.02. The zero-order chi connectivity index (χ0) is 13.6. The van der Waals surface area contributed by atoms with Crippen LogP contribution in [0.1, 0.15) is 33.1 Å². The minimum Gasteiger partial charge on any atom is -0.383 e. The van der Waals surface area contributed by atoms with E-state index in [4.69, 9.17) is 15.2 Å². The summed E-state index contributed by atoms with van der Waals surface area (Å²) in [4.78, 5) is 2.48. The van der Waals surface area contributed by atoms with Crippen molar-refractivity contribution in [3.63, 3.8) is 0 Å². The Bertz CT molecular complexity index is 238. The smallest absolute Gasteiger partial charge is 0.0589 e. The van der Waals surface area contributed by atoms with Gasteiger partial charge in [0.1, 0.15) is 0 Å². The number of rotatable bonds is 8. The number of ether oxygens (including phenoxy) is 2. The second-order valence-electron chi connectivity index (χ2n) is 6.24. The molecular formula is C14H30N2O2. The first kappa shape index (κ1) is 15.9. The zero-order valence-electron chi connectivity index (χ0n) is 12.5. The maximum absolute atomic E-state index is 6.11. The van der Waals surface area contributed by atoms with Gasteiger partial charge >= 0.3 is 0 Å². The van der Waals surface area contributed by atoms with Gasteiger partial charge in [-0.25, -0.2) is 0 Å². The summed E-state index contributed by atoms with van der Waals surface area (Å²) in [6, 6.07) is 0. The highest BCUT2D eigenvalue weighted by Crippen LogP contribution is 2.46. The number of hydrogen-bond acceptors (Lipinski definition) is 4. The Morgan fingerprint density at radius 2 is 1.61 bits per heavy atom. The van der Waals surface area contributed by atoms with Crippen molar-refractivity contribution in [1.29, 1.82) is 0 Å². The van der Waals surface area contributed by atoms with Crippen LogP contribution in [0.15, 0.2) is 0 Å². The van der Waals surface area contributed by atoms with Crippen LogP contribution in [0.5, 0.6) is 0 Å². The summed E-state index contributed by atoms with van der Waals surface area (Å²) >= 11 is 0. The topological polar surface area (TPSA) is 47.7 Å². The largest absolute Gasteiger partial charge is 0.383 e. The average Bonchev–Trinajstić information content (AvgIpc) is 2.66. The summed E-state index contributed by atoms with van der Waals surface area (Å²) < 4.78 is 10.5. The molecule has 1 unspecified atom stereocenters. The molecule has 1 atom stereocenters. The van der Waals surface area contributed by atoms with Gasteiger partial charge in [-0.15, -0.1) is 0 Å². The zero-order valence-corrected chi connectivity index (χ0v) is 12.5. The predicted octanol–water partition coefficient (Wildman–Crippen LogP) is 1.49. The van der Waals surface area contributed by atoms with Gasteiger partial charge < -0.3 is 15.2 Å². The van der Waals surface area contributed by atoms with Crippen LogP contribution in [-0.2, 0) is 9.47 Å². The van der Waals surface area contributed by atoms with E-state index in [9.17, 15) is 0 Å². The monoisotopic (exact) mass is 258 g/mol. The average molecular weight is 258 g/mol. The SMILES string of the molecule is COCCN(CCOC)C1(CN)CCC(C)(C)C1. The van der Waals surface area contributed by atoms with E-state index in [1.165, 1.54) is 19.3 Å². The summed E-state index contributed by atoms with van der Waals surface area (Å²) in [6.45, 7) is 8.80. The van der Waals surface area contributed by atoms with Crippen molar-refractivity contribution in [3.8, 4) is 0 Å². The number of nitrogens with zero attached hydrogens (tertiary/aromatic N) is 1. The normalized spacial score (nSPS) is 27.0. The molecule has 4 nitrogen and oxygen atoms in total. The number of methoxy groups -OCH3 is 2. The van der Waals surface area contributed by atoms with E-state index in [1.807, 2.05) is 0 Å². The van der Waals surface area contributed by atoms with Crippen molar-refractivity contribution in [2.75, 3.05) is 47.1 Å². The van der Waals surface area contributed by atoms with Crippen LogP contribution in [0, 0.1) is 5.41 Å². The molecule has 1 rings (SSSR count). The minimum absolute atomic E-state index is 0.139. The van der Waals surface area contributed by atoms with Crippen LogP contribution in [0.3, 0.4) is 0 Å². The van der Waals surface area contributed by atoms with Gasteiger partial charge in [-0.1, -0.05) is 13.8 Å². The van der Waals surface area contributed by atoms with E-state index in [2.05, 4.69) is 18.7 Å². The molecule has 1 saturated carbocycles. The fourth-order valence-corrected chi connectivity index (χ4v) is 3.20. The van der Waals surface area contributed by atoms with E-state index >= 15 is 0 Å². The van der Waals surface area contributed by atoms with Crippen molar-refractivity contribution in [3.05, 3.63) is 0 Å². The molecule has 1 aliphatic carbocycles. The molecule has 0 spiro atoms. The highest BCUT2D eigenvalue weighted by atomic mass is 16.5. The molecular weight excluding hydrogens is 228 g/mol. The second kappa shape index (κ2) is 6.85. The molecule has 0 aromatic heterocycles. The molecule has 0 radical (unpaired) electrons. The minimum atomic E-state index is 0.139. The molecule has 0 saturated heterocycles. The first-order valence-electron chi connectivity index (χ1n) is 6.93. The summed E-state index contributed by atoms with van der Waals surface area (Å²) in [5.41, 5.74) is 6.65. The molecule has 4 heteroatoms. The molecule has 1 aliphatic rings. The van der Waals surface area contributed by atoms with Gasteiger partial charge in [0.15, 0.2) is 0 Å². The van der Waals surface area contributed by atoms with Gasteiger partial charge in [0.2, 0.25) is 0 Å². The molecule has 0 bridgehead atoms. The van der Waals surface area contributed by atoms with Crippen LogP contribution in [0.2, 0.25) is 0 Å². The van der Waals surface area contributed by atoms with Crippen LogP contribution >= 0.6 is 0 Å². The molecule has 1 fully saturated rings. The van der Waals surface area contributed by atoms with Gasteiger partial charge in [0.25, 0.3) is 0 Å². The van der Waals surface area contributed by atoms with Gasteiger partial charge in [0.05, 0.1) is 13.2 Å². The van der Waals surface area contributed by atoms with E-state index in [-0.39, 0.29) is 5.54 Å². The molecule has 2 N–H and O–H groups in total. The molecule has 0 amide bonds. The lowest BCUT2D eigenvalue weighted by molar-refractivity contribution is 0.0346. The Morgan fingerprint density at radius 1 is 1.06 bits per heavy atom. The predicted molar refractivity (Wildman–Crippen MR) is 74.7 cm³/mol. The van der Waals surface area contributed by atoms with Crippen molar-refractivity contribution < 1.29 is 9.47 Å². The second-order valence-corrected chi connectivity index (χ2v) is 6.24. The molecule has 108 valence electrons. The summed E-state index contributed by atoms with van der Waals surface area (Å²) in [7, 11) is 3.50. The van der Waals surface area contributed by atoms with E-state index < -0.39 is 0 Å². The summed E-state index contributed by atoms with van der Waals surface area (Å²) in [6.07, 6.45) is 3.61. The Morgan fingerprint density at radius 3 is 1.94 bits per heavy atom. The summed E-state index contributed by atoms with van der Waals surface area (Å²) in [5, 5.41) is 0. The Balaban J connectivity index is 2.72. The Hall–Kier alpha value is -0.160. The molecule has 0 heterocycles. The standard InChI is InChI=1S/C14H30N2O2/c1-13(2)5-6-14(11-13,12-15)16(7-9-17-3)8-10-18-4/h5-12,15H2,1-4H3. The molecule has 0 aliphatic heterocycles. The van der Waals surface area contributed by atoms with Gasteiger partial charge in [-0.2, -0.15) is 0 Å². The lowest BCUT2D eigenvalue weighted by Gasteiger charge is -2.41. The third-order valence-electron chi connectivity index (χ3n) is 4.26. The quantitative estimate of drug-likeness (QED) is 0.716. The van der Waals surface area contributed by atoms with Crippen LogP contribution in [-0.4, -0.2) is 57.5 Å². The maximum atomic E-state index is 6.11. The molecule has 0 aromatic rings. The number of hydrogen-bond donors (Lipinski definition) is 1. The summed E-state index contributed by atoms with van der Waals surface area (Å²) in [5.74, 6) is 0. The lowest BCUT2D eigenvalue weighted by Crippen LogP contribution is -2.54.